The topological polar surface area (TPSA) is 49.8 Å². The Morgan fingerprint density at radius 3 is 2.80 bits per heavy atom. The number of rotatable bonds is 7. The molecule has 4 nitrogen and oxygen atoms in total. The molecule has 0 amide bonds. The van der Waals surface area contributed by atoms with E-state index in [0.717, 1.165) is 12.5 Å². The summed E-state index contributed by atoms with van der Waals surface area (Å²) in [5.74, 6) is 0.495. The monoisotopic (exact) mass is 215 g/mol. The van der Waals surface area contributed by atoms with E-state index in [9.17, 15) is 9.90 Å². The van der Waals surface area contributed by atoms with Crippen LogP contribution in [0.25, 0.3) is 0 Å². The van der Waals surface area contributed by atoms with Gasteiger partial charge in [0.25, 0.3) is 0 Å². The molecule has 4 heteroatoms. The summed E-state index contributed by atoms with van der Waals surface area (Å²) in [4.78, 5) is 13.2. The largest absolute Gasteiger partial charge is 0.466 e. The van der Waals surface area contributed by atoms with Crippen LogP contribution in [-0.4, -0.2) is 48.8 Å². The number of hydrogen-bond acceptors (Lipinski definition) is 4. The van der Waals surface area contributed by atoms with E-state index >= 15 is 0 Å². The van der Waals surface area contributed by atoms with Crippen LogP contribution in [0.5, 0.6) is 0 Å². The van der Waals surface area contributed by atoms with Crippen LogP contribution in [0.2, 0.25) is 0 Å². The van der Waals surface area contributed by atoms with E-state index in [1.807, 2.05) is 7.05 Å². The van der Waals surface area contributed by atoms with E-state index in [4.69, 9.17) is 4.74 Å². The molecule has 1 atom stereocenters. The standard InChI is InChI=1S/C11H21NO3/c1-3-15-11(14)6-10(13)8-12(2)7-9-4-5-9/h9-10,13H,3-8H2,1-2H3. The van der Waals surface area contributed by atoms with Crippen LogP contribution in [0.4, 0.5) is 0 Å². The average Bonchev–Trinajstić information content (AvgIpc) is 2.87. The highest BCUT2D eigenvalue weighted by atomic mass is 16.5. The van der Waals surface area contributed by atoms with Crippen LogP contribution in [0.15, 0.2) is 0 Å². The van der Waals surface area contributed by atoms with Crippen LogP contribution < -0.4 is 0 Å². The fourth-order valence-corrected chi connectivity index (χ4v) is 1.65. The second kappa shape index (κ2) is 6.08. The number of hydrogen-bond donors (Lipinski definition) is 1. The lowest BCUT2D eigenvalue weighted by molar-refractivity contribution is -0.145. The lowest BCUT2D eigenvalue weighted by atomic mass is 10.2. The van der Waals surface area contributed by atoms with Crippen molar-refractivity contribution >= 4 is 5.97 Å². The molecular weight excluding hydrogens is 194 g/mol. The molecule has 0 aromatic heterocycles. The van der Waals surface area contributed by atoms with Crippen molar-refractivity contribution in [2.75, 3.05) is 26.7 Å². The van der Waals surface area contributed by atoms with Gasteiger partial charge in [-0.3, -0.25) is 4.79 Å². The van der Waals surface area contributed by atoms with Crippen LogP contribution in [0.3, 0.4) is 0 Å². The van der Waals surface area contributed by atoms with E-state index in [1.165, 1.54) is 12.8 Å². The Hall–Kier alpha value is -0.610. The minimum absolute atomic E-state index is 0.100. The summed E-state index contributed by atoms with van der Waals surface area (Å²) in [6.07, 6.45) is 2.10. The van der Waals surface area contributed by atoms with Gasteiger partial charge in [0.1, 0.15) is 0 Å². The van der Waals surface area contributed by atoms with Crippen molar-refractivity contribution in [1.82, 2.24) is 4.90 Å². The first kappa shape index (κ1) is 12.5. The minimum Gasteiger partial charge on any atom is -0.466 e. The number of ether oxygens (including phenoxy) is 1. The third kappa shape index (κ3) is 5.74. The van der Waals surface area contributed by atoms with Crippen molar-refractivity contribution in [2.24, 2.45) is 5.92 Å². The van der Waals surface area contributed by atoms with Crippen LogP contribution in [-0.2, 0) is 9.53 Å². The molecular formula is C11H21NO3. The van der Waals surface area contributed by atoms with Gasteiger partial charge < -0.3 is 14.7 Å². The zero-order valence-corrected chi connectivity index (χ0v) is 9.61. The van der Waals surface area contributed by atoms with Crippen molar-refractivity contribution in [3.05, 3.63) is 0 Å². The first-order valence-electron chi connectivity index (χ1n) is 5.64. The molecule has 1 aliphatic rings. The Bertz CT molecular complexity index is 204. The Morgan fingerprint density at radius 1 is 1.60 bits per heavy atom. The third-order valence-electron chi connectivity index (χ3n) is 2.50. The van der Waals surface area contributed by atoms with E-state index in [-0.39, 0.29) is 12.4 Å². The fraction of sp³-hybridized carbons (Fsp3) is 0.909. The highest BCUT2D eigenvalue weighted by molar-refractivity contribution is 5.69. The molecule has 0 spiro atoms. The Kier molecular flexibility index (Phi) is 5.05. The predicted octanol–water partition coefficient (Wildman–Crippen LogP) is 0.642. The summed E-state index contributed by atoms with van der Waals surface area (Å²) in [5.41, 5.74) is 0. The summed E-state index contributed by atoms with van der Waals surface area (Å²) in [7, 11) is 1.98. The maximum Gasteiger partial charge on any atom is 0.308 e. The molecule has 1 N–H and O–H groups in total. The van der Waals surface area contributed by atoms with Crippen LogP contribution in [0.1, 0.15) is 26.2 Å². The summed E-state index contributed by atoms with van der Waals surface area (Å²) >= 11 is 0. The molecule has 1 unspecified atom stereocenters. The second-order valence-electron chi connectivity index (χ2n) is 4.33. The van der Waals surface area contributed by atoms with Gasteiger partial charge in [-0.1, -0.05) is 0 Å². The Labute approximate surface area is 91.2 Å². The average molecular weight is 215 g/mol. The Balaban J connectivity index is 2.10. The SMILES string of the molecule is CCOC(=O)CC(O)CN(C)CC1CC1. The van der Waals surface area contributed by atoms with Crippen molar-refractivity contribution in [3.8, 4) is 0 Å². The molecule has 0 bridgehead atoms. The highest BCUT2D eigenvalue weighted by Crippen LogP contribution is 2.29. The molecule has 0 saturated heterocycles. The summed E-state index contributed by atoms with van der Waals surface area (Å²) < 4.78 is 4.77. The van der Waals surface area contributed by atoms with Gasteiger partial charge in [0.15, 0.2) is 0 Å². The molecule has 0 aliphatic heterocycles. The van der Waals surface area contributed by atoms with E-state index in [0.29, 0.717) is 13.2 Å². The van der Waals surface area contributed by atoms with Gasteiger partial charge in [0.05, 0.1) is 19.1 Å². The maximum atomic E-state index is 11.1. The van der Waals surface area contributed by atoms with E-state index < -0.39 is 6.10 Å². The van der Waals surface area contributed by atoms with Gasteiger partial charge in [-0.25, -0.2) is 0 Å². The van der Waals surface area contributed by atoms with Crippen molar-refractivity contribution in [1.29, 1.82) is 0 Å². The number of aliphatic hydroxyl groups excluding tert-OH is 1. The third-order valence-corrected chi connectivity index (χ3v) is 2.50. The van der Waals surface area contributed by atoms with Gasteiger partial charge >= 0.3 is 5.97 Å². The normalized spacial score (nSPS) is 17.9. The summed E-state index contributed by atoms with van der Waals surface area (Å²) in [5, 5.41) is 9.61. The first-order valence-corrected chi connectivity index (χ1v) is 5.64. The smallest absolute Gasteiger partial charge is 0.308 e. The number of carbonyl (C=O) groups excluding carboxylic acids is 1. The molecule has 15 heavy (non-hydrogen) atoms. The van der Waals surface area contributed by atoms with Crippen LogP contribution >= 0.6 is 0 Å². The lowest BCUT2D eigenvalue weighted by Gasteiger charge is -2.19. The van der Waals surface area contributed by atoms with Crippen molar-refractivity contribution in [3.63, 3.8) is 0 Å². The highest BCUT2D eigenvalue weighted by Gasteiger charge is 2.24. The van der Waals surface area contributed by atoms with E-state index in [2.05, 4.69) is 4.90 Å². The predicted molar refractivity (Wildman–Crippen MR) is 57.5 cm³/mol. The molecule has 1 fully saturated rings. The Morgan fingerprint density at radius 2 is 2.27 bits per heavy atom. The maximum absolute atomic E-state index is 11.1. The molecule has 1 aliphatic carbocycles. The van der Waals surface area contributed by atoms with Gasteiger partial charge in [0, 0.05) is 13.1 Å². The van der Waals surface area contributed by atoms with Gasteiger partial charge in [-0.05, 0) is 32.7 Å². The lowest BCUT2D eigenvalue weighted by Crippen LogP contribution is -2.32. The zero-order valence-electron chi connectivity index (χ0n) is 9.61. The molecule has 1 saturated carbocycles. The molecule has 0 aromatic carbocycles. The van der Waals surface area contributed by atoms with Crippen molar-refractivity contribution < 1.29 is 14.6 Å². The quantitative estimate of drug-likeness (QED) is 0.633. The van der Waals surface area contributed by atoms with Gasteiger partial charge in [-0.2, -0.15) is 0 Å². The molecule has 0 aromatic rings. The molecule has 88 valence electrons. The van der Waals surface area contributed by atoms with Crippen LogP contribution in [0, 0.1) is 5.92 Å². The number of likely N-dealkylation sites (N-methyl/N-ethyl adjacent to an activating group) is 1. The van der Waals surface area contributed by atoms with E-state index in [1.54, 1.807) is 6.92 Å². The van der Waals surface area contributed by atoms with Gasteiger partial charge in [-0.15, -0.1) is 0 Å². The second-order valence-corrected chi connectivity index (χ2v) is 4.33. The fourth-order valence-electron chi connectivity index (χ4n) is 1.65. The summed E-state index contributed by atoms with van der Waals surface area (Å²) in [6, 6.07) is 0. The molecule has 0 radical (unpaired) electrons. The number of esters is 1. The van der Waals surface area contributed by atoms with Gasteiger partial charge in [0.2, 0.25) is 0 Å². The first-order chi connectivity index (χ1) is 7.11. The summed E-state index contributed by atoms with van der Waals surface area (Å²) in [6.45, 7) is 3.72. The molecule has 1 rings (SSSR count). The minimum atomic E-state index is -0.604. The number of nitrogens with zero attached hydrogens (tertiary/aromatic N) is 1. The molecule has 0 heterocycles. The van der Waals surface area contributed by atoms with Crippen molar-refractivity contribution in [2.45, 2.75) is 32.3 Å². The zero-order chi connectivity index (χ0) is 11.3. The number of carbonyl (C=O) groups is 1. The number of aliphatic hydroxyl groups is 1.